The number of hydrogen-bond acceptors (Lipinski definition) is 4. The fraction of sp³-hybridized carbons (Fsp3) is 0.545. The Bertz CT molecular complexity index is 471. The molecule has 0 unspecified atom stereocenters. The molecule has 0 atom stereocenters. The summed E-state index contributed by atoms with van der Waals surface area (Å²) in [6, 6.07) is 1.49. The second-order valence-electron chi connectivity index (χ2n) is 4.42. The van der Waals surface area contributed by atoms with Crippen LogP contribution in [0.25, 0.3) is 0 Å². The molecule has 0 saturated carbocycles. The fourth-order valence-corrected chi connectivity index (χ4v) is 2.58. The van der Waals surface area contributed by atoms with Crippen LogP contribution < -0.4 is 5.73 Å². The van der Waals surface area contributed by atoms with Crippen LogP contribution in [0.2, 0.25) is 0 Å². The van der Waals surface area contributed by atoms with Crippen molar-refractivity contribution in [2.75, 3.05) is 19.3 Å². The monoisotopic (exact) mass is 257 g/mol. The molecule has 0 aromatic carbocycles. The summed E-state index contributed by atoms with van der Waals surface area (Å²) in [5, 5.41) is 0. The smallest absolute Gasteiger partial charge is 0.246 e. The van der Waals surface area contributed by atoms with Crippen molar-refractivity contribution in [3.05, 3.63) is 18.5 Å². The van der Waals surface area contributed by atoms with Gasteiger partial charge in [-0.1, -0.05) is 13.8 Å². The van der Waals surface area contributed by atoms with Crippen LogP contribution in [0.3, 0.4) is 0 Å². The summed E-state index contributed by atoms with van der Waals surface area (Å²) in [6.45, 7) is 4.59. The van der Waals surface area contributed by atoms with Crippen LogP contribution in [-0.2, 0) is 10.0 Å². The van der Waals surface area contributed by atoms with Crippen molar-refractivity contribution in [3.63, 3.8) is 0 Å². The van der Waals surface area contributed by atoms with E-state index in [4.69, 9.17) is 5.73 Å². The Morgan fingerprint density at radius 3 is 2.65 bits per heavy atom. The first-order valence-electron chi connectivity index (χ1n) is 5.51. The summed E-state index contributed by atoms with van der Waals surface area (Å²) >= 11 is 0. The topological polar surface area (TPSA) is 76.3 Å². The zero-order chi connectivity index (χ0) is 13.1. The third-order valence-corrected chi connectivity index (χ3v) is 4.43. The summed E-state index contributed by atoms with van der Waals surface area (Å²) in [4.78, 5) is 3.88. The Morgan fingerprint density at radius 2 is 2.12 bits per heavy atom. The molecule has 0 saturated heterocycles. The van der Waals surface area contributed by atoms with Crippen molar-refractivity contribution in [1.82, 2.24) is 9.29 Å². The molecule has 0 bridgehead atoms. The molecule has 96 valence electrons. The minimum atomic E-state index is -3.52. The van der Waals surface area contributed by atoms with E-state index in [9.17, 15) is 8.42 Å². The van der Waals surface area contributed by atoms with Crippen LogP contribution in [0, 0.1) is 5.92 Å². The molecule has 17 heavy (non-hydrogen) atoms. The van der Waals surface area contributed by atoms with Gasteiger partial charge in [-0.15, -0.1) is 0 Å². The first kappa shape index (κ1) is 13.9. The summed E-state index contributed by atoms with van der Waals surface area (Å²) < 4.78 is 25.7. The molecule has 2 N–H and O–H groups in total. The highest BCUT2D eigenvalue weighted by molar-refractivity contribution is 7.89. The lowest BCUT2D eigenvalue weighted by Crippen LogP contribution is -2.29. The molecule has 0 spiro atoms. The Hall–Kier alpha value is -1.14. The van der Waals surface area contributed by atoms with E-state index < -0.39 is 10.0 Å². The van der Waals surface area contributed by atoms with Crippen molar-refractivity contribution in [1.29, 1.82) is 0 Å². The van der Waals surface area contributed by atoms with E-state index in [2.05, 4.69) is 18.8 Å². The molecule has 0 aliphatic heterocycles. The van der Waals surface area contributed by atoms with Gasteiger partial charge in [-0.2, -0.15) is 0 Å². The van der Waals surface area contributed by atoms with Crippen LogP contribution in [-0.4, -0.2) is 31.3 Å². The third kappa shape index (κ3) is 3.41. The normalized spacial score (nSPS) is 12.3. The van der Waals surface area contributed by atoms with Gasteiger partial charge in [-0.25, -0.2) is 12.7 Å². The number of sulfonamides is 1. The van der Waals surface area contributed by atoms with E-state index in [0.717, 1.165) is 6.42 Å². The summed E-state index contributed by atoms with van der Waals surface area (Å²) in [7, 11) is -1.96. The molecule has 1 rings (SSSR count). The van der Waals surface area contributed by atoms with Crippen LogP contribution in [0.4, 0.5) is 5.69 Å². The second-order valence-corrected chi connectivity index (χ2v) is 6.44. The van der Waals surface area contributed by atoms with E-state index in [1.54, 1.807) is 7.05 Å². The number of hydrogen-bond donors (Lipinski definition) is 1. The van der Waals surface area contributed by atoms with Gasteiger partial charge in [-0.3, -0.25) is 4.98 Å². The quantitative estimate of drug-likeness (QED) is 0.863. The number of nitrogen functional groups attached to an aromatic ring is 1. The number of anilines is 1. The van der Waals surface area contributed by atoms with E-state index in [0.29, 0.717) is 12.5 Å². The molecular weight excluding hydrogens is 238 g/mol. The first-order valence-corrected chi connectivity index (χ1v) is 6.95. The van der Waals surface area contributed by atoms with Crippen LogP contribution in [0.1, 0.15) is 20.3 Å². The molecule has 0 amide bonds. The highest BCUT2D eigenvalue weighted by atomic mass is 32.2. The second kappa shape index (κ2) is 5.46. The fourth-order valence-electron chi connectivity index (χ4n) is 1.33. The number of rotatable bonds is 5. The van der Waals surface area contributed by atoms with Crippen LogP contribution >= 0.6 is 0 Å². The zero-order valence-corrected chi connectivity index (χ0v) is 11.2. The van der Waals surface area contributed by atoms with Gasteiger partial charge in [0.1, 0.15) is 4.90 Å². The van der Waals surface area contributed by atoms with Crippen molar-refractivity contribution >= 4 is 15.7 Å². The van der Waals surface area contributed by atoms with Gasteiger partial charge in [0.15, 0.2) is 0 Å². The Labute approximate surface area is 103 Å². The molecule has 0 aliphatic rings. The number of pyridine rings is 1. The first-order chi connectivity index (χ1) is 7.85. The maximum atomic E-state index is 12.2. The zero-order valence-electron chi connectivity index (χ0n) is 10.4. The van der Waals surface area contributed by atoms with E-state index in [1.807, 2.05) is 0 Å². The third-order valence-electron chi connectivity index (χ3n) is 2.53. The number of aromatic nitrogens is 1. The summed E-state index contributed by atoms with van der Waals surface area (Å²) in [5.41, 5.74) is 5.89. The van der Waals surface area contributed by atoms with Crippen molar-refractivity contribution in [2.45, 2.75) is 25.2 Å². The van der Waals surface area contributed by atoms with Crippen LogP contribution in [0.15, 0.2) is 23.4 Å². The maximum absolute atomic E-state index is 12.2. The summed E-state index contributed by atoms with van der Waals surface area (Å²) in [5.74, 6) is 0.457. The minimum absolute atomic E-state index is 0.0752. The molecule has 0 fully saturated rings. The van der Waals surface area contributed by atoms with E-state index in [1.165, 1.54) is 22.8 Å². The SMILES string of the molecule is CC(C)CCN(C)S(=O)(=O)c1cnccc1N. The molecule has 1 aromatic heterocycles. The van der Waals surface area contributed by atoms with Crippen molar-refractivity contribution in [3.8, 4) is 0 Å². The molecular formula is C11H19N3O2S. The minimum Gasteiger partial charge on any atom is -0.398 e. The van der Waals surface area contributed by atoms with Gasteiger partial charge >= 0.3 is 0 Å². The summed E-state index contributed by atoms with van der Waals surface area (Å²) in [6.07, 6.45) is 3.58. The molecule has 5 nitrogen and oxygen atoms in total. The number of nitrogens with zero attached hydrogens (tertiary/aromatic N) is 2. The lowest BCUT2D eigenvalue weighted by Gasteiger charge is -2.18. The highest BCUT2D eigenvalue weighted by Crippen LogP contribution is 2.20. The molecule has 6 heteroatoms. The predicted octanol–water partition coefficient (Wildman–Crippen LogP) is 1.33. The largest absolute Gasteiger partial charge is 0.398 e. The lowest BCUT2D eigenvalue weighted by molar-refractivity contribution is 0.428. The average Bonchev–Trinajstić information content (AvgIpc) is 2.26. The van der Waals surface area contributed by atoms with E-state index >= 15 is 0 Å². The molecule has 1 aromatic rings. The number of nitrogens with two attached hydrogens (primary N) is 1. The predicted molar refractivity (Wildman–Crippen MR) is 67.9 cm³/mol. The maximum Gasteiger partial charge on any atom is 0.246 e. The average molecular weight is 257 g/mol. The van der Waals surface area contributed by atoms with Gasteiger partial charge in [0.25, 0.3) is 0 Å². The lowest BCUT2D eigenvalue weighted by atomic mass is 10.1. The van der Waals surface area contributed by atoms with Gasteiger partial charge < -0.3 is 5.73 Å². The van der Waals surface area contributed by atoms with Gasteiger partial charge in [0.2, 0.25) is 10.0 Å². The van der Waals surface area contributed by atoms with Gasteiger partial charge in [0.05, 0.1) is 5.69 Å². The molecule has 1 heterocycles. The molecule has 0 aliphatic carbocycles. The van der Waals surface area contributed by atoms with Crippen molar-refractivity contribution in [2.24, 2.45) is 5.92 Å². The Morgan fingerprint density at radius 1 is 1.47 bits per heavy atom. The van der Waals surface area contributed by atoms with Gasteiger partial charge in [-0.05, 0) is 18.4 Å². The van der Waals surface area contributed by atoms with Gasteiger partial charge in [0, 0.05) is 26.0 Å². The highest BCUT2D eigenvalue weighted by Gasteiger charge is 2.23. The van der Waals surface area contributed by atoms with Crippen LogP contribution in [0.5, 0.6) is 0 Å². The Kier molecular flexibility index (Phi) is 4.47. The standard InChI is InChI=1S/C11H19N3O2S/c1-9(2)5-7-14(3)17(15,16)11-8-13-6-4-10(11)12/h4,6,8-9H,5,7H2,1-3H3,(H2,12,13). The van der Waals surface area contributed by atoms with E-state index in [-0.39, 0.29) is 10.6 Å². The Balaban J connectivity index is 2.92. The molecule has 0 radical (unpaired) electrons. The van der Waals surface area contributed by atoms with Crippen molar-refractivity contribution < 1.29 is 8.42 Å².